The fourth-order valence-corrected chi connectivity index (χ4v) is 2.44. The van der Waals surface area contributed by atoms with Crippen LogP contribution < -0.4 is 10.1 Å². The van der Waals surface area contributed by atoms with E-state index in [0.717, 1.165) is 17.3 Å². The van der Waals surface area contributed by atoms with E-state index in [1.165, 1.54) is 0 Å². The molecule has 1 atom stereocenters. The zero-order chi connectivity index (χ0) is 14.3. The number of alkyl halides is 1. The summed E-state index contributed by atoms with van der Waals surface area (Å²) in [4.78, 5) is 12.1. The Morgan fingerprint density at radius 3 is 2.84 bits per heavy atom. The lowest BCUT2D eigenvalue weighted by Gasteiger charge is -2.15. The van der Waals surface area contributed by atoms with Crippen LogP contribution in [0.15, 0.2) is 22.7 Å². The van der Waals surface area contributed by atoms with E-state index in [1.807, 2.05) is 6.07 Å². The van der Waals surface area contributed by atoms with Gasteiger partial charge in [0.15, 0.2) is 0 Å². The van der Waals surface area contributed by atoms with Crippen molar-refractivity contribution in [1.82, 2.24) is 5.32 Å². The lowest BCUT2D eigenvalue weighted by molar-refractivity contribution is 0.0943. The maximum atomic E-state index is 12.1. The average molecular weight is 349 g/mol. The van der Waals surface area contributed by atoms with E-state index in [9.17, 15) is 4.79 Å². The van der Waals surface area contributed by atoms with Crippen LogP contribution in [0.3, 0.4) is 0 Å². The second kappa shape index (κ2) is 8.43. The summed E-state index contributed by atoms with van der Waals surface area (Å²) < 4.78 is 6.10. The van der Waals surface area contributed by atoms with Crippen LogP contribution in [0, 0.1) is 5.92 Å². The Kier molecular flexibility index (Phi) is 7.24. The summed E-state index contributed by atoms with van der Waals surface area (Å²) in [7, 11) is 1.56. The summed E-state index contributed by atoms with van der Waals surface area (Å²) in [5, 5.41) is 2.94. The Bertz CT molecular complexity index is 426. The van der Waals surface area contributed by atoms with Crippen molar-refractivity contribution in [3.8, 4) is 5.75 Å². The number of halogens is 2. The quantitative estimate of drug-likeness (QED) is 0.760. The number of carbonyl (C=O) groups is 1. The Morgan fingerprint density at radius 2 is 2.26 bits per heavy atom. The number of amides is 1. The fourth-order valence-electron chi connectivity index (χ4n) is 1.79. The molecule has 1 rings (SSSR count). The van der Waals surface area contributed by atoms with E-state index < -0.39 is 0 Å². The summed E-state index contributed by atoms with van der Waals surface area (Å²) >= 11 is 9.09. The lowest BCUT2D eigenvalue weighted by Crippen LogP contribution is -2.29. The molecule has 0 aromatic heterocycles. The summed E-state index contributed by atoms with van der Waals surface area (Å²) in [6, 6.07) is 5.36. The molecule has 1 N–H and O–H groups in total. The molecule has 1 aromatic carbocycles. The number of ether oxygens (including phenoxy) is 1. The smallest absolute Gasteiger partial charge is 0.255 e. The topological polar surface area (TPSA) is 38.3 Å². The third-order valence-electron chi connectivity index (χ3n) is 3.05. The van der Waals surface area contributed by atoms with Crippen molar-refractivity contribution >= 4 is 33.4 Å². The molecule has 0 spiro atoms. The highest BCUT2D eigenvalue weighted by Gasteiger charge is 2.14. The molecule has 0 fully saturated rings. The molecule has 0 saturated heterocycles. The fraction of sp³-hybridized carbons (Fsp3) is 0.500. The largest absolute Gasteiger partial charge is 0.496 e. The molecule has 1 unspecified atom stereocenters. The van der Waals surface area contributed by atoms with Gasteiger partial charge in [-0.1, -0.05) is 29.3 Å². The van der Waals surface area contributed by atoms with Crippen molar-refractivity contribution in [2.24, 2.45) is 5.92 Å². The van der Waals surface area contributed by atoms with Crippen molar-refractivity contribution in [2.45, 2.75) is 19.8 Å². The summed E-state index contributed by atoms with van der Waals surface area (Å²) in [5.41, 5.74) is 0.548. The highest BCUT2D eigenvalue weighted by molar-refractivity contribution is 9.10. The van der Waals surface area contributed by atoms with Gasteiger partial charge in [-0.05, 0) is 30.5 Å². The van der Waals surface area contributed by atoms with Crippen LogP contribution in [0.2, 0.25) is 0 Å². The van der Waals surface area contributed by atoms with Crippen LogP contribution in [-0.2, 0) is 0 Å². The van der Waals surface area contributed by atoms with Crippen LogP contribution in [-0.4, -0.2) is 25.4 Å². The number of hydrogen-bond acceptors (Lipinski definition) is 2. The van der Waals surface area contributed by atoms with E-state index in [4.69, 9.17) is 16.3 Å². The van der Waals surface area contributed by atoms with Gasteiger partial charge >= 0.3 is 0 Å². The molecule has 19 heavy (non-hydrogen) atoms. The summed E-state index contributed by atoms with van der Waals surface area (Å²) in [5.74, 6) is 1.49. The maximum Gasteiger partial charge on any atom is 0.255 e. The minimum absolute atomic E-state index is 0.114. The Labute approximate surface area is 127 Å². The minimum atomic E-state index is -0.114. The molecule has 1 amide bonds. The molecule has 1 aromatic rings. The van der Waals surface area contributed by atoms with Gasteiger partial charge in [0, 0.05) is 16.9 Å². The minimum Gasteiger partial charge on any atom is -0.496 e. The molecule has 0 radical (unpaired) electrons. The summed E-state index contributed by atoms with van der Waals surface area (Å²) in [6.45, 7) is 2.74. The molecule has 0 aliphatic rings. The Hall–Kier alpha value is -0.740. The first-order chi connectivity index (χ1) is 9.12. The third kappa shape index (κ3) is 5.03. The van der Waals surface area contributed by atoms with E-state index in [-0.39, 0.29) is 5.91 Å². The van der Waals surface area contributed by atoms with Crippen molar-refractivity contribution in [1.29, 1.82) is 0 Å². The molecule has 0 aliphatic heterocycles. The second-order valence-corrected chi connectivity index (χ2v) is 5.60. The molecule has 3 nitrogen and oxygen atoms in total. The number of methoxy groups -OCH3 is 1. The normalized spacial score (nSPS) is 12.0. The highest BCUT2D eigenvalue weighted by Crippen LogP contribution is 2.23. The van der Waals surface area contributed by atoms with Crippen molar-refractivity contribution in [3.63, 3.8) is 0 Å². The van der Waals surface area contributed by atoms with Crippen molar-refractivity contribution in [2.75, 3.05) is 19.5 Å². The molecule has 0 heterocycles. The van der Waals surface area contributed by atoms with E-state index in [0.29, 0.717) is 29.7 Å². The predicted molar refractivity (Wildman–Crippen MR) is 82.1 cm³/mol. The number of nitrogens with one attached hydrogen (secondary N) is 1. The van der Waals surface area contributed by atoms with Gasteiger partial charge in [0.1, 0.15) is 5.75 Å². The molecule has 5 heteroatoms. The first-order valence-electron chi connectivity index (χ1n) is 6.30. The average Bonchev–Trinajstić information content (AvgIpc) is 2.42. The van der Waals surface area contributed by atoms with Crippen LogP contribution in [0.1, 0.15) is 30.1 Å². The van der Waals surface area contributed by atoms with Gasteiger partial charge in [-0.25, -0.2) is 0 Å². The molecule has 0 bridgehead atoms. The van der Waals surface area contributed by atoms with E-state index in [1.54, 1.807) is 19.2 Å². The monoisotopic (exact) mass is 347 g/mol. The van der Waals surface area contributed by atoms with Crippen LogP contribution >= 0.6 is 27.5 Å². The standard InChI is InChI=1S/C14H19BrClNO2/c1-3-10(6-7-16)9-17-14(18)12-5-4-11(15)8-13(12)19-2/h4-5,8,10H,3,6-7,9H2,1-2H3,(H,17,18). The van der Waals surface area contributed by atoms with Gasteiger partial charge in [-0.2, -0.15) is 0 Å². The zero-order valence-electron chi connectivity index (χ0n) is 11.2. The highest BCUT2D eigenvalue weighted by atomic mass is 79.9. The second-order valence-electron chi connectivity index (χ2n) is 4.31. The first kappa shape index (κ1) is 16.3. The van der Waals surface area contributed by atoms with Gasteiger partial charge in [-0.3, -0.25) is 4.79 Å². The van der Waals surface area contributed by atoms with Crippen LogP contribution in [0.25, 0.3) is 0 Å². The number of hydrogen-bond donors (Lipinski definition) is 1. The predicted octanol–water partition coefficient (Wildman–Crippen LogP) is 3.84. The van der Waals surface area contributed by atoms with Gasteiger partial charge in [-0.15, -0.1) is 11.6 Å². The third-order valence-corrected chi connectivity index (χ3v) is 3.77. The Balaban J connectivity index is 2.67. The molecule has 0 aliphatic carbocycles. The number of benzene rings is 1. The molecular formula is C14H19BrClNO2. The van der Waals surface area contributed by atoms with Crippen LogP contribution in [0.4, 0.5) is 0 Å². The number of carbonyl (C=O) groups excluding carboxylic acids is 1. The first-order valence-corrected chi connectivity index (χ1v) is 7.62. The SMILES string of the molecule is CCC(CCCl)CNC(=O)c1ccc(Br)cc1OC. The van der Waals surface area contributed by atoms with Gasteiger partial charge in [0.25, 0.3) is 5.91 Å². The lowest BCUT2D eigenvalue weighted by atomic mass is 10.0. The van der Waals surface area contributed by atoms with Gasteiger partial charge in [0.05, 0.1) is 12.7 Å². The van der Waals surface area contributed by atoms with Crippen LogP contribution in [0.5, 0.6) is 5.75 Å². The summed E-state index contributed by atoms with van der Waals surface area (Å²) in [6.07, 6.45) is 1.92. The molecule has 0 saturated carbocycles. The van der Waals surface area contributed by atoms with Crippen molar-refractivity contribution in [3.05, 3.63) is 28.2 Å². The van der Waals surface area contributed by atoms with Crippen molar-refractivity contribution < 1.29 is 9.53 Å². The van der Waals surface area contributed by atoms with E-state index >= 15 is 0 Å². The molecule has 106 valence electrons. The maximum absolute atomic E-state index is 12.1. The Morgan fingerprint density at radius 1 is 1.53 bits per heavy atom. The number of rotatable bonds is 7. The van der Waals surface area contributed by atoms with Gasteiger partial charge in [0.2, 0.25) is 0 Å². The molecular weight excluding hydrogens is 330 g/mol. The van der Waals surface area contributed by atoms with Gasteiger partial charge < -0.3 is 10.1 Å². The zero-order valence-corrected chi connectivity index (χ0v) is 13.6. The van der Waals surface area contributed by atoms with E-state index in [2.05, 4.69) is 28.2 Å².